The fraction of sp³-hybridized carbons (Fsp3) is 0.909. The molecule has 0 fully saturated rings. The Balaban J connectivity index is 3.69. The van der Waals surface area contributed by atoms with Crippen LogP contribution in [0.4, 0.5) is 0 Å². The van der Waals surface area contributed by atoms with Crippen LogP contribution in [0.1, 0.15) is 46.0 Å². The molecule has 3 nitrogen and oxygen atoms in total. The first-order valence-corrected chi connectivity index (χ1v) is 6.16. The molecule has 0 aromatic heterocycles. The van der Waals surface area contributed by atoms with Crippen LogP contribution in [0, 0.1) is 0 Å². The van der Waals surface area contributed by atoms with Gasteiger partial charge in [-0.05, 0) is 25.7 Å². The molecular weight excluding hydrogens is 214 g/mol. The molecule has 1 amide bonds. The first-order chi connectivity index (χ1) is 7.08. The number of alkyl halides is 1. The fourth-order valence-electron chi connectivity index (χ4n) is 1.23. The number of nitrogens with one attached hydrogen (secondary N) is 1. The van der Waals surface area contributed by atoms with E-state index in [-0.39, 0.29) is 5.91 Å². The van der Waals surface area contributed by atoms with Gasteiger partial charge in [0.15, 0.2) is 0 Å². The van der Waals surface area contributed by atoms with Crippen molar-refractivity contribution in [1.29, 1.82) is 0 Å². The second-order valence-electron chi connectivity index (χ2n) is 3.85. The molecule has 0 aromatic carbocycles. The Hall–Kier alpha value is -0.280. The first kappa shape index (κ1) is 14.7. The van der Waals surface area contributed by atoms with Gasteiger partial charge in [0.05, 0.1) is 5.60 Å². The molecular formula is C11H22ClNO2. The van der Waals surface area contributed by atoms with Gasteiger partial charge in [-0.15, -0.1) is 11.6 Å². The van der Waals surface area contributed by atoms with Crippen molar-refractivity contribution in [3.63, 3.8) is 0 Å². The van der Waals surface area contributed by atoms with Gasteiger partial charge in [0.25, 0.3) is 0 Å². The zero-order chi connectivity index (χ0) is 11.7. The van der Waals surface area contributed by atoms with Crippen LogP contribution in [-0.2, 0) is 4.79 Å². The maximum Gasteiger partial charge on any atom is 0.220 e. The van der Waals surface area contributed by atoms with Gasteiger partial charge in [0.1, 0.15) is 0 Å². The molecule has 0 saturated heterocycles. The minimum absolute atomic E-state index is 0.000409. The molecule has 0 spiro atoms. The van der Waals surface area contributed by atoms with E-state index in [0.717, 1.165) is 12.8 Å². The number of rotatable bonds is 8. The van der Waals surface area contributed by atoms with E-state index >= 15 is 0 Å². The summed E-state index contributed by atoms with van der Waals surface area (Å²) >= 11 is 5.51. The van der Waals surface area contributed by atoms with E-state index in [9.17, 15) is 9.90 Å². The van der Waals surface area contributed by atoms with E-state index in [0.29, 0.717) is 31.7 Å². The van der Waals surface area contributed by atoms with Crippen molar-refractivity contribution in [3.05, 3.63) is 0 Å². The quantitative estimate of drug-likeness (QED) is 0.500. The smallest absolute Gasteiger partial charge is 0.220 e. The van der Waals surface area contributed by atoms with Crippen LogP contribution in [0.25, 0.3) is 0 Å². The second-order valence-corrected chi connectivity index (χ2v) is 4.23. The predicted molar refractivity (Wildman–Crippen MR) is 63.1 cm³/mol. The summed E-state index contributed by atoms with van der Waals surface area (Å²) in [6.07, 6.45) is 3.49. The van der Waals surface area contributed by atoms with Gasteiger partial charge in [-0.3, -0.25) is 4.79 Å². The number of carbonyl (C=O) groups excluding carboxylic acids is 1. The summed E-state index contributed by atoms with van der Waals surface area (Å²) in [6, 6.07) is 0. The molecule has 90 valence electrons. The van der Waals surface area contributed by atoms with Gasteiger partial charge in [0, 0.05) is 18.8 Å². The van der Waals surface area contributed by atoms with Crippen LogP contribution in [0.5, 0.6) is 0 Å². The molecule has 0 aliphatic rings. The highest BCUT2D eigenvalue weighted by atomic mass is 35.5. The molecule has 0 aliphatic carbocycles. The number of halogens is 1. The Kier molecular flexibility index (Phi) is 7.79. The van der Waals surface area contributed by atoms with Crippen LogP contribution < -0.4 is 5.32 Å². The van der Waals surface area contributed by atoms with Crippen molar-refractivity contribution < 1.29 is 9.90 Å². The minimum atomic E-state index is -0.748. The van der Waals surface area contributed by atoms with E-state index < -0.39 is 5.60 Å². The topological polar surface area (TPSA) is 49.3 Å². The largest absolute Gasteiger partial charge is 0.388 e. The molecule has 0 rings (SSSR count). The van der Waals surface area contributed by atoms with E-state index in [1.54, 1.807) is 0 Å². The van der Waals surface area contributed by atoms with Crippen LogP contribution in [0.2, 0.25) is 0 Å². The number of unbranched alkanes of at least 4 members (excludes halogenated alkanes) is 1. The molecule has 0 unspecified atom stereocenters. The standard InChI is InChI=1S/C11H22ClNO2/c1-3-11(15,4-2)9-13-10(14)7-5-6-8-12/h15H,3-9H2,1-2H3,(H,13,14). The Bertz CT molecular complexity index is 181. The van der Waals surface area contributed by atoms with Crippen molar-refractivity contribution in [3.8, 4) is 0 Å². The summed E-state index contributed by atoms with van der Waals surface area (Å²) in [7, 11) is 0. The third-order valence-electron chi connectivity index (χ3n) is 2.72. The van der Waals surface area contributed by atoms with Gasteiger partial charge < -0.3 is 10.4 Å². The lowest BCUT2D eigenvalue weighted by molar-refractivity contribution is -0.122. The molecule has 0 aromatic rings. The number of carbonyl (C=O) groups is 1. The van der Waals surface area contributed by atoms with Crippen LogP contribution in [0.15, 0.2) is 0 Å². The van der Waals surface area contributed by atoms with Gasteiger partial charge >= 0.3 is 0 Å². The van der Waals surface area contributed by atoms with Crippen molar-refractivity contribution >= 4 is 17.5 Å². The highest BCUT2D eigenvalue weighted by Gasteiger charge is 2.22. The Morgan fingerprint density at radius 2 is 1.93 bits per heavy atom. The average Bonchev–Trinajstić information content (AvgIpc) is 2.26. The summed E-state index contributed by atoms with van der Waals surface area (Å²) in [5.74, 6) is 0.599. The normalized spacial score (nSPS) is 11.5. The van der Waals surface area contributed by atoms with E-state index in [4.69, 9.17) is 11.6 Å². The molecule has 15 heavy (non-hydrogen) atoms. The minimum Gasteiger partial charge on any atom is -0.388 e. The molecule has 2 N–H and O–H groups in total. The summed E-state index contributed by atoms with van der Waals surface area (Å²) in [4.78, 5) is 11.3. The highest BCUT2D eigenvalue weighted by molar-refractivity contribution is 6.17. The third kappa shape index (κ3) is 6.74. The monoisotopic (exact) mass is 235 g/mol. The maximum atomic E-state index is 11.3. The molecule has 0 atom stereocenters. The van der Waals surface area contributed by atoms with Crippen molar-refractivity contribution in [1.82, 2.24) is 5.32 Å². The zero-order valence-corrected chi connectivity index (χ0v) is 10.4. The van der Waals surface area contributed by atoms with E-state index in [1.807, 2.05) is 13.8 Å². The number of hydrogen-bond donors (Lipinski definition) is 2. The molecule has 0 radical (unpaired) electrons. The average molecular weight is 236 g/mol. The molecule has 0 saturated carbocycles. The summed E-state index contributed by atoms with van der Waals surface area (Å²) in [5, 5.41) is 12.7. The number of amides is 1. The van der Waals surface area contributed by atoms with Crippen molar-refractivity contribution in [2.75, 3.05) is 12.4 Å². The fourth-order valence-corrected chi connectivity index (χ4v) is 1.42. The lowest BCUT2D eigenvalue weighted by Crippen LogP contribution is -2.41. The van der Waals surface area contributed by atoms with Crippen LogP contribution in [-0.4, -0.2) is 29.0 Å². The van der Waals surface area contributed by atoms with Crippen molar-refractivity contribution in [2.45, 2.75) is 51.6 Å². The van der Waals surface area contributed by atoms with Gasteiger partial charge in [-0.2, -0.15) is 0 Å². The summed E-state index contributed by atoms with van der Waals surface area (Å²) in [5.41, 5.74) is -0.748. The lowest BCUT2D eigenvalue weighted by Gasteiger charge is -2.25. The maximum absolute atomic E-state index is 11.3. The van der Waals surface area contributed by atoms with E-state index in [2.05, 4.69) is 5.32 Å². The van der Waals surface area contributed by atoms with Crippen LogP contribution >= 0.6 is 11.6 Å². The van der Waals surface area contributed by atoms with Gasteiger partial charge in [0.2, 0.25) is 5.91 Å². The molecule has 0 heterocycles. The first-order valence-electron chi connectivity index (χ1n) is 5.63. The SMILES string of the molecule is CCC(O)(CC)CNC(=O)CCCCCl. The summed E-state index contributed by atoms with van der Waals surface area (Å²) in [6.45, 7) is 4.19. The van der Waals surface area contributed by atoms with Gasteiger partial charge in [-0.1, -0.05) is 13.8 Å². The molecule has 4 heteroatoms. The Labute approximate surface area is 97.2 Å². The number of hydrogen-bond acceptors (Lipinski definition) is 2. The predicted octanol–water partition coefficient (Wildman–Crippen LogP) is 2.06. The lowest BCUT2D eigenvalue weighted by atomic mass is 9.97. The second kappa shape index (κ2) is 7.94. The molecule has 0 aliphatic heterocycles. The third-order valence-corrected chi connectivity index (χ3v) is 2.99. The number of aliphatic hydroxyl groups is 1. The highest BCUT2D eigenvalue weighted by Crippen LogP contribution is 2.12. The summed E-state index contributed by atoms with van der Waals surface area (Å²) < 4.78 is 0. The Morgan fingerprint density at radius 3 is 2.40 bits per heavy atom. The zero-order valence-electron chi connectivity index (χ0n) is 9.68. The van der Waals surface area contributed by atoms with E-state index in [1.165, 1.54) is 0 Å². The van der Waals surface area contributed by atoms with Gasteiger partial charge in [-0.25, -0.2) is 0 Å². The van der Waals surface area contributed by atoms with Crippen molar-refractivity contribution in [2.24, 2.45) is 0 Å². The Morgan fingerprint density at radius 1 is 1.33 bits per heavy atom. The van der Waals surface area contributed by atoms with Crippen LogP contribution in [0.3, 0.4) is 0 Å². The molecule has 0 bridgehead atoms.